The van der Waals surface area contributed by atoms with Crippen LogP contribution in [0.25, 0.3) is 0 Å². The molecule has 0 radical (unpaired) electrons. The average Bonchev–Trinajstić information content (AvgIpc) is 3.24. The van der Waals surface area contributed by atoms with Crippen molar-refractivity contribution in [3.63, 3.8) is 0 Å². The van der Waals surface area contributed by atoms with Crippen LogP contribution in [0.15, 0.2) is 72.9 Å². The Labute approximate surface area is 370 Å². The van der Waals surface area contributed by atoms with Crippen molar-refractivity contribution in [3.8, 4) is 0 Å². The minimum Gasteiger partial charge on any atom is -0.462 e. The van der Waals surface area contributed by atoms with Gasteiger partial charge in [-0.25, -0.2) is 0 Å². The summed E-state index contributed by atoms with van der Waals surface area (Å²) >= 11 is 0. The second-order valence-electron chi connectivity index (χ2n) is 16.4. The molecule has 0 aliphatic carbocycles. The highest BCUT2D eigenvalue weighted by Gasteiger charge is 2.19. The van der Waals surface area contributed by atoms with Crippen molar-refractivity contribution >= 4 is 17.9 Å². The normalized spacial score (nSPS) is 12.7. The van der Waals surface area contributed by atoms with Gasteiger partial charge in [0.1, 0.15) is 13.2 Å². The van der Waals surface area contributed by atoms with Crippen LogP contribution < -0.4 is 0 Å². The van der Waals surface area contributed by atoms with Gasteiger partial charge in [0.2, 0.25) is 0 Å². The molecule has 0 heterocycles. The molecule has 1 atom stereocenters. The first kappa shape index (κ1) is 56.9. The molecule has 0 aromatic rings. The van der Waals surface area contributed by atoms with Gasteiger partial charge < -0.3 is 14.2 Å². The number of hydrogen-bond donors (Lipinski definition) is 0. The number of unbranched alkanes of at least 4 members (excludes halogenated alkanes) is 23. The molecule has 0 aromatic heterocycles. The van der Waals surface area contributed by atoms with Crippen LogP contribution in [0.2, 0.25) is 0 Å². The van der Waals surface area contributed by atoms with E-state index in [-0.39, 0.29) is 31.1 Å². The molecule has 0 aromatic carbocycles. The zero-order valence-corrected chi connectivity index (χ0v) is 39.2. The van der Waals surface area contributed by atoms with Crippen molar-refractivity contribution in [2.75, 3.05) is 13.2 Å². The van der Waals surface area contributed by atoms with Crippen molar-refractivity contribution in [3.05, 3.63) is 72.9 Å². The Morgan fingerprint density at radius 2 is 0.733 bits per heavy atom. The van der Waals surface area contributed by atoms with Gasteiger partial charge in [-0.1, -0.05) is 216 Å². The zero-order chi connectivity index (χ0) is 43.7. The summed E-state index contributed by atoms with van der Waals surface area (Å²) in [6, 6.07) is 0. The molecule has 6 nitrogen and oxygen atoms in total. The number of rotatable bonds is 44. The van der Waals surface area contributed by atoms with Crippen LogP contribution in [0.5, 0.6) is 0 Å². The quantitative estimate of drug-likeness (QED) is 0.0200. The number of carbonyl (C=O) groups excluding carboxylic acids is 3. The zero-order valence-electron chi connectivity index (χ0n) is 39.2. The summed E-state index contributed by atoms with van der Waals surface area (Å²) < 4.78 is 16.8. The van der Waals surface area contributed by atoms with Crippen molar-refractivity contribution in [1.29, 1.82) is 0 Å². The predicted octanol–water partition coefficient (Wildman–Crippen LogP) is 16.3. The summed E-state index contributed by atoms with van der Waals surface area (Å²) in [7, 11) is 0. The molecule has 0 aliphatic rings. The molecule has 1 unspecified atom stereocenters. The Hall–Kier alpha value is -3.15. The Morgan fingerprint density at radius 3 is 1.20 bits per heavy atom. The summed E-state index contributed by atoms with van der Waals surface area (Å²) in [6.07, 6.45) is 60.2. The summed E-state index contributed by atoms with van der Waals surface area (Å²) in [5, 5.41) is 0. The van der Waals surface area contributed by atoms with Crippen LogP contribution >= 0.6 is 0 Å². The van der Waals surface area contributed by atoms with Crippen molar-refractivity contribution in [2.24, 2.45) is 0 Å². The Kier molecular flexibility index (Phi) is 46.0. The first-order chi connectivity index (χ1) is 29.5. The lowest BCUT2D eigenvalue weighted by Gasteiger charge is -2.18. The maximum absolute atomic E-state index is 12.8. The third kappa shape index (κ3) is 45.9. The van der Waals surface area contributed by atoms with E-state index in [1.54, 1.807) is 0 Å². The van der Waals surface area contributed by atoms with Crippen molar-refractivity contribution in [1.82, 2.24) is 0 Å². The third-order valence-corrected chi connectivity index (χ3v) is 10.5. The lowest BCUT2D eigenvalue weighted by molar-refractivity contribution is -0.167. The van der Waals surface area contributed by atoms with Crippen LogP contribution in [0.4, 0.5) is 0 Å². The molecule has 0 aliphatic heterocycles. The number of esters is 3. The van der Waals surface area contributed by atoms with Gasteiger partial charge in [-0.15, -0.1) is 0 Å². The number of hydrogen-bond acceptors (Lipinski definition) is 6. The molecule has 0 rings (SSSR count). The summed E-state index contributed by atoms with van der Waals surface area (Å²) in [5.74, 6) is -0.920. The van der Waals surface area contributed by atoms with E-state index in [1.807, 2.05) is 0 Å². The van der Waals surface area contributed by atoms with Crippen molar-refractivity contribution in [2.45, 2.75) is 239 Å². The molecule has 0 spiro atoms. The first-order valence-corrected chi connectivity index (χ1v) is 25.0. The van der Waals surface area contributed by atoms with E-state index < -0.39 is 6.10 Å². The third-order valence-electron chi connectivity index (χ3n) is 10.5. The topological polar surface area (TPSA) is 78.9 Å². The minimum absolute atomic E-state index is 0.0869. The smallest absolute Gasteiger partial charge is 0.306 e. The lowest BCUT2D eigenvalue weighted by Crippen LogP contribution is -2.30. The van der Waals surface area contributed by atoms with Crippen LogP contribution in [0, 0.1) is 0 Å². The van der Waals surface area contributed by atoms with E-state index in [4.69, 9.17) is 14.2 Å². The summed E-state index contributed by atoms with van der Waals surface area (Å²) in [5.41, 5.74) is 0. The van der Waals surface area contributed by atoms with Gasteiger partial charge in [0.05, 0.1) is 0 Å². The monoisotopic (exact) mass is 837 g/mol. The maximum Gasteiger partial charge on any atom is 0.306 e. The van der Waals surface area contributed by atoms with Crippen LogP contribution in [0.1, 0.15) is 233 Å². The second-order valence-corrected chi connectivity index (χ2v) is 16.4. The molecular weight excluding hydrogens is 745 g/mol. The molecule has 0 fully saturated rings. The minimum atomic E-state index is -0.789. The molecule has 0 N–H and O–H groups in total. The van der Waals surface area contributed by atoms with Gasteiger partial charge in [0.15, 0.2) is 6.10 Å². The van der Waals surface area contributed by atoms with E-state index in [0.717, 1.165) is 109 Å². The molecule has 0 amide bonds. The number of carbonyl (C=O) groups is 3. The van der Waals surface area contributed by atoms with Crippen LogP contribution in [-0.4, -0.2) is 37.2 Å². The van der Waals surface area contributed by atoms with Gasteiger partial charge in [-0.3, -0.25) is 14.4 Å². The molecular formula is C54H92O6. The van der Waals surface area contributed by atoms with Crippen LogP contribution in [-0.2, 0) is 28.6 Å². The maximum atomic E-state index is 12.8. The molecule has 6 heteroatoms. The largest absolute Gasteiger partial charge is 0.462 e. The molecule has 0 saturated heterocycles. The van der Waals surface area contributed by atoms with E-state index in [0.29, 0.717) is 19.3 Å². The van der Waals surface area contributed by atoms with E-state index in [1.165, 1.54) is 83.5 Å². The summed E-state index contributed by atoms with van der Waals surface area (Å²) in [4.78, 5) is 37.9. The summed E-state index contributed by atoms with van der Waals surface area (Å²) in [6.45, 7) is 6.36. The Bertz CT molecular complexity index is 1140. The van der Waals surface area contributed by atoms with Gasteiger partial charge >= 0.3 is 17.9 Å². The van der Waals surface area contributed by atoms with Gasteiger partial charge in [-0.05, 0) is 70.6 Å². The second kappa shape index (κ2) is 48.5. The fraction of sp³-hybridized carbons (Fsp3) is 0.722. The standard InChI is InChI=1S/C54H92O6/c1-4-7-10-13-16-19-22-25-26-27-30-32-35-38-41-44-47-53(56)59-50-51(60-54(57)48-45-42-39-36-33-29-24-21-18-15-12-9-6-3)49-58-52(55)46-43-40-37-34-31-28-23-20-17-14-11-8-5-2/h7,9-10,12,15-16,18-19,21,24-26,51H,4-6,8,11,13-14,17,20,22-23,27-50H2,1-3H3/b10-7-,12-9-,18-15-,19-16-,24-21-,26-25-. The van der Waals surface area contributed by atoms with E-state index >= 15 is 0 Å². The molecule has 60 heavy (non-hydrogen) atoms. The highest BCUT2D eigenvalue weighted by Crippen LogP contribution is 2.15. The number of ether oxygens (including phenoxy) is 3. The lowest BCUT2D eigenvalue weighted by atomic mass is 10.0. The van der Waals surface area contributed by atoms with Gasteiger partial charge in [0.25, 0.3) is 0 Å². The van der Waals surface area contributed by atoms with E-state index in [2.05, 4.69) is 93.7 Å². The fourth-order valence-electron chi connectivity index (χ4n) is 6.81. The average molecular weight is 837 g/mol. The number of allylic oxidation sites excluding steroid dienone is 12. The predicted molar refractivity (Wildman–Crippen MR) is 256 cm³/mol. The molecule has 344 valence electrons. The van der Waals surface area contributed by atoms with Crippen LogP contribution in [0.3, 0.4) is 0 Å². The highest BCUT2D eigenvalue weighted by molar-refractivity contribution is 5.71. The fourth-order valence-corrected chi connectivity index (χ4v) is 6.81. The Morgan fingerprint density at radius 1 is 0.367 bits per heavy atom. The van der Waals surface area contributed by atoms with Gasteiger partial charge in [-0.2, -0.15) is 0 Å². The van der Waals surface area contributed by atoms with Gasteiger partial charge in [0, 0.05) is 19.3 Å². The van der Waals surface area contributed by atoms with Crippen molar-refractivity contribution < 1.29 is 28.6 Å². The van der Waals surface area contributed by atoms with E-state index in [9.17, 15) is 14.4 Å². The Balaban J connectivity index is 4.42. The first-order valence-electron chi connectivity index (χ1n) is 25.0. The highest BCUT2D eigenvalue weighted by atomic mass is 16.6. The molecule has 0 saturated carbocycles. The molecule has 0 bridgehead atoms. The SMILES string of the molecule is CC\C=C/C=C\C=C/CCCCCCCC(=O)OC(COC(=O)CCCCCCCC/C=C\C/C=C\C/C=C\CC)COC(=O)CCCCCCCCCCCCCCC.